The van der Waals surface area contributed by atoms with E-state index >= 15 is 0 Å². The van der Waals surface area contributed by atoms with Crippen molar-refractivity contribution in [1.82, 2.24) is 9.88 Å². The summed E-state index contributed by atoms with van der Waals surface area (Å²) in [7, 11) is 0. The summed E-state index contributed by atoms with van der Waals surface area (Å²) in [5.74, 6) is 0.286. The third kappa shape index (κ3) is 5.83. The number of carboxylic acid groups (broad SMARTS) is 1. The maximum Gasteiger partial charge on any atom is 0.337 e. The van der Waals surface area contributed by atoms with Crippen molar-refractivity contribution in [2.45, 2.75) is 34.2 Å². The molecule has 0 aromatic carbocycles. The predicted octanol–water partition coefficient (Wildman–Crippen LogP) is 2.89. The molecule has 0 bridgehead atoms. The highest BCUT2D eigenvalue weighted by Gasteiger charge is 2.11. The van der Waals surface area contributed by atoms with Crippen molar-refractivity contribution in [2.75, 3.05) is 13.1 Å². The fraction of sp³-hybridized carbons (Fsp3) is 0.600. The first-order valence-electron chi connectivity index (χ1n) is 6.79. The Bertz CT molecular complexity index is 389. The fourth-order valence-corrected chi connectivity index (χ4v) is 2.11. The SMILES string of the molecule is CC(C)CN(Cc1ccc(C(=O)O)cn1)CC(C)C. The van der Waals surface area contributed by atoms with E-state index in [2.05, 4.69) is 37.6 Å². The standard InChI is InChI=1S/C15H24N2O2/c1-11(2)8-17(9-12(3)4)10-14-6-5-13(7-16-14)15(18)19/h5-7,11-12H,8-10H2,1-4H3,(H,18,19). The molecule has 1 N–H and O–H groups in total. The molecule has 1 aromatic rings. The zero-order chi connectivity index (χ0) is 14.4. The molecule has 1 heterocycles. The van der Waals surface area contributed by atoms with E-state index in [1.54, 1.807) is 12.1 Å². The van der Waals surface area contributed by atoms with Crippen molar-refractivity contribution in [1.29, 1.82) is 0 Å². The second kappa shape index (κ2) is 7.24. The Hall–Kier alpha value is -1.42. The van der Waals surface area contributed by atoms with E-state index in [0.717, 1.165) is 25.3 Å². The van der Waals surface area contributed by atoms with Crippen molar-refractivity contribution < 1.29 is 9.90 Å². The number of hydrogen-bond acceptors (Lipinski definition) is 3. The van der Waals surface area contributed by atoms with Gasteiger partial charge in [0.25, 0.3) is 0 Å². The normalized spacial score (nSPS) is 11.5. The second-order valence-corrected chi connectivity index (χ2v) is 5.83. The molecule has 106 valence electrons. The molecule has 1 rings (SSSR count). The number of aromatic carboxylic acids is 1. The monoisotopic (exact) mass is 264 g/mol. The summed E-state index contributed by atoms with van der Waals surface area (Å²) in [6.45, 7) is 11.6. The van der Waals surface area contributed by atoms with Crippen LogP contribution in [0.15, 0.2) is 18.3 Å². The van der Waals surface area contributed by atoms with Gasteiger partial charge in [0.15, 0.2) is 0 Å². The molecule has 19 heavy (non-hydrogen) atoms. The molecule has 4 nitrogen and oxygen atoms in total. The molecule has 1 aromatic heterocycles. The Morgan fingerprint density at radius 2 is 1.79 bits per heavy atom. The summed E-state index contributed by atoms with van der Waals surface area (Å²) in [4.78, 5) is 17.4. The molecule has 0 fully saturated rings. The van der Waals surface area contributed by atoms with Crippen LogP contribution < -0.4 is 0 Å². The average molecular weight is 264 g/mol. The second-order valence-electron chi connectivity index (χ2n) is 5.83. The van der Waals surface area contributed by atoms with Crippen LogP contribution in [-0.4, -0.2) is 34.0 Å². The van der Waals surface area contributed by atoms with E-state index < -0.39 is 5.97 Å². The highest BCUT2D eigenvalue weighted by Crippen LogP contribution is 2.09. The topological polar surface area (TPSA) is 53.4 Å². The summed E-state index contributed by atoms with van der Waals surface area (Å²) < 4.78 is 0. The average Bonchev–Trinajstić information content (AvgIpc) is 2.27. The highest BCUT2D eigenvalue weighted by atomic mass is 16.4. The number of pyridine rings is 1. The van der Waals surface area contributed by atoms with Crippen molar-refractivity contribution in [2.24, 2.45) is 11.8 Å². The van der Waals surface area contributed by atoms with Crippen LogP contribution in [-0.2, 0) is 6.54 Å². The molecule has 0 aliphatic carbocycles. The molecule has 0 saturated heterocycles. The Labute approximate surface area is 115 Å². The maximum absolute atomic E-state index is 10.8. The Morgan fingerprint density at radius 1 is 1.21 bits per heavy atom. The van der Waals surface area contributed by atoms with Crippen LogP contribution in [0.4, 0.5) is 0 Å². The molecular weight excluding hydrogens is 240 g/mol. The number of hydrogen-bond donors (Lipinski definition) is 1. The molecule has 0 spiro atoms. The highest BCUT2D eigenvalue weighted by molar-refractivity contribution is 5.87. The Morgan fingerprint density at radius 3 is 2.16 bits per heavy atom. The lowest BCUT2D eigenvalue weighted by molar-refractivity contribution is 0.0696. The molecule has 0 aliphatic rings. The Balaban J connectivity index is 2.69. The number of carboxylic acids is 1. The third-order valence-electron chi connectivity index (χ3n) is 2.70. The summed E-state index contributed by atoms with van der Waals surface area (Å²) in [6, 6.07) is 3.42. The van der Waals surface area contributed by atoms with Gasteiger partial charge in [-0.2, -0.15) is 0 Å². The van der Waals surface area contributed by atoms with E-state index in [4.69, 9.17) is 5.11 Å². The van der Waals surface area contributed by atoms with Gasteiger partial charge in [-0.25, -0.2) is 4.79 Å². The van der Waals surface area contributed by atoms with Crippen molar-refractivity contribution in [3.8, 4) is 0 Å². The van der Waals surface area contributed by atoms with Crippen LogP contribution >= 0.6 is 0 Å². The summed E-state index contributed by atoms with van der Waals surface area (Å²) in [5.41, 5.74) is 1.16. The van der Waals surface area contributed by atoms with Gasteiger partial charge >= 0.3 is 5.97 Å². The van der Waals surface area contributed by atoms with Crippen LogP contribution in [0.2, 0.25) is 0 Å². The lowest BCUT2D eigenvalue weighted by Crippen LogP contribution is -2.31. The molecule has 0 radical (unpaired) electrons. The smallest absolute Gasteiger partial charge is 0.337 e. The molecule has 0 saturated carbocycles. The van der Waals surface area contributed by atoms with Crippen molar-refractivity contribution in [3.05, 3.63) is 29.6 Å². The largest absolute Gasteiger partial charge is 0.478 e. The molecule has 4 heteroatoms. The number of rotatable bonds is 7. The zero-order valence-corrected chi connectivity index (χ0v) is 12.3. The molecule has 0 unspecified atom stereocenters. The van der Waals surface area contributed by atoms with Gasteiger partial charge in [-0.3, -0.25) is 9.88 Å². The van der Waals surface area contributed by atoms with Crippen LogP contribution in [0.1, 0.15) is 43.7 Å². The van der Waals surface area contributed by atoms with Gasteiger partial charge in [0.1, 0.15) is 0 Å². The van der Waals surface area contributed by atoms with Gasteiger partial charge in [0.05, 0.1) is 11.3 Å². The molecular formula is C15H24N2O2. The van der Waals surface area contributed by atoms with Crippen LogP contribution in [0.5, 0.6) is 0 Å². The lowest BCUT2D eigenvalue weighted by atomic mass is 10.1. The van der Waals surface area contributed by atoms with Crippen LogP contribution in [0.25, 0.3) is 0 Å². The van der Waals surface area contributed by atoms with E-state index in [9.17, 15) is 4.79 Å². The lowest BCUT2D eigenvalue weighted by Gasteiger charge is -2.25. The van der Waals surface area contributed by atoms with E-state index in [1.165, 1.54) is 6.20 Å². The first kappa shape index (κ1) is 15.6. The first-order valence-corrected chi connectivity index (χ1v) is 6.79. The minimum atomic E-state index is -0.930. The van der Waals surface area contributed by atoms with E-state index in [1.807, 2.05) is 0 Å². The van der Waals surface area contributed by atoms with Crippen LogP contribution in [0, 0.1) is 11.8 Å². The number of carbonyl (C=O) groups is 1. The Kier molecular flexibility index (Phi) is 5.96. The fourth-order valence-electron chi connectivity index (χ4n) is 2.11. The third-order valence-corrected chi connectivity index (χ3v) is 2.70. The minimum absolute atomic E-state index is 0.239. The van der Waals surface area contributed by atoms with E-state index in [-0.39, 0.29) is 5.56 Å². The van der Waals surface area contributed by atoms with Crippen LogP contribution in [0.3, 0.4) is 0 Å². The summed E-state index contributed by atoms with van der Waals surface area (Å²) in [6.07, 6.45) is 1.43. The van der Waals surface area contributed by atoms with Crippen molar-refractivity contribution in [3.63, 3.8) is 0 Å². The van der Waals surface area contributed by atoms with E-state index in [0.29, 0.717) is 11.8 Å². The van der Waals surface area contributed by atoms with Gasteiger partial charge in [0, 0.05) is 25.8 Å². The molecule has 0 aliphatic heterocycles. The predicted molar refractivity (Wildman–Crippen MR) is 76.1 cm³/mol. The quantitative estimate of drug-likeness (QED) is 0.822. The number of nitrogens with zero attached hydrogens (tertiary/aromatic N) is 2. The van der Waals surface area contributed by atoms with Gasteiger partial charge in [-0.15, -0.1) is 0 Å². The summed E-state index contributed by atoms with van der Waals surface area (Å²) in [5, 5.41) is 8.85. The maximum atomic E-state index is 10.8. The van der Waals surface area contributed by atoms with Gasteiger partial charge < -0.3 is 5.11 Å². The summed E-state index contributed by atoms with van der Waals surface area (Å²) >= 11 is 0. The zero-order valence-electron chi connectivity index (χ0n) is 12.3. The molecule has 0 atom stereocenters. The van der Waals surface area contributed by atoms with Gasteiger partial charge in [-0.1, -0.05) is 27.7 Å². The molecule has 0 amide bonds. The minimum Gasteiger partial charge on any atom is -0.478 e. The first-order chi connectivity index (χ1) is 8.88. The van der Waals surface area contributed by atoms with Gasteiger partial charge in [0.2, 0.25) is 0 Å². The number of aromatic nitrogens is 1. The van der Waals surface area contributed by atoms with Crippen molar-refractivity contribution >= 4 is 5.97 Å². The van der Waals surface area contributed by atoms with Gasteiger partial charge in [-0.05, 0) is 24.0 Å².